The third-order valence-corrected chi connectivity index (χ3v) is 4.67. The minimum atomic E-state index is -0.333. The van der Waals surface area contributed by atoms with Crippen LogP contribution in [-0.4, -0.2) is 13.1 Å². The van der Waals surface area contributed by atoms with Gasteiger partial charge in [-0.1, -0.05) is 56.3 Å². The number of carbonyl (C=O) groups excluding carboxylic acids is 1. The molecule has 0 amide bonds. The molecule has 134 valence electrons. The van der Waals surface area contributed by atoms with Crippen LogP contribution in [0.15, 0.2) is 59.0 Å². The number of aryl methyl sites for hydroxylation is 1. The van der Waals surface area contributed by atoms with E-state index < -0.39 is 0 Å². The third kappa shape index (κ3) is 3.72. The quantitative estimate of drug-likeness (QED) is 0.433. The minimum Gasteiger partial charge on any atom is -0.466 e. The molecule has 0 aliphatic rings. The van der Waals surface area contributed by atoms with Gasteiger partial charge in [-0.2, -0.15) is 0 Å². The van der Waals surface area contributed by atoms with Crippen LogP contribution >= 0.6 is 0 Å². The van der Waals surface area contributed by atoms with Gasteiger partial charge in [0, 0.05) is 29.9 Å². The molecule has 26 heavy (non-hydrogen) atoms. The van der Waals surface area contributed by atoms with Crippen molar-refractivity contribution in [2.75, 3.05) is 7.11 Å². The van der Waals surface area contributed by atoms with Gasteiger partial charge in [-0.25, -0.2) is 4.79 Å². The van der Waals surface area contributed by atoms with E-state index >= 15 is 0 Å². The lowest BCUT2D eigenvalue weighted by Crippen LogP contribution is -1.97. The third-order valence-electron chi connectivity index (χ3n) is 4.67. The Labute approximate surface area is 154 Å². The first-order chi connectivity index (χ1) is 12.7. The van der Waals surface area contributed by atoms with Gasteiger partial charge >= 0.3 is 5.97 Å². The molecule has 3 heteroatoms. The molecule has 1 heterocycles. The van der Waals surface area contributed by atoms with Gasteiger partial charge < -0.3 is 9.15 Å². The zero-order valence-electron chi connectivity index (χ0n) is 15.5. The first-order valence-corrected chi connectivity index (χ1v) is 9.03. The van der Waals surface area contributed by atoms with Crippen LogP contribution in [0, 0.1) is 0 Å². The Morgan fingerprint density at radius 3 is 2.54 bits per heavy atom. The molecule has 1 aromatic heterocycles. The molecule has 0 saturated carbocycles. The molecule has 0 aliphatic carbocycles. The number of hydrogen-bond donors (Lipinski definition) is 0. The van der Waals surface area contributed by atoms with E-state index in [4.69, 9.17) is 9.15 Å². The van der Waals surface area contributed by atoms with E-state index in [9.17, 15) is 4.79 Å². The van der Waals surface area contributed by atoms with E-state index in [2.05, 4.69) is 43.3 Å². The lowest BCUT2D eigenvalue weighted by molar-refractivity contribution is -0.134. The van der Waals surface area contributed by atoms with E-state index in [1.54, 1.807) is 6.08 Å². The standard InChI is InChI=1S/C23H24O3/c1-4-17(15-23(24)25-3)18-11-12-19-20(13-16-9-7-6-8-10-16)21(5-2)26-22(19)14-18/h6-12,14-15H,4-5,13H2,1-3H3. The van der Waals surface area contributed by atoms with Crippen LogP contribution in [0.1, 0.15) is 42.7 Å². The van der Waals surface area contributed by atoms with Crippen LogP contribution in [-0.2, 0) is 22.4 Å². The Morgan fingerprint density at radius 2 is 1.88 bits per heavy atom. The molecule has 3 nitrogen and oxygen atoms in total. The number of esters is 1. The highest BCUT2D eigenvalue weighted by Crippen LogP contribution is 2.31. The lowest BCUT2D eigenvalue weighted by Gasteiger charge is -2.05. The summed E-state index contributed by atoms with van der Waals surface area (Å²) in [5, 5.41) is 1.14. The second-order valence-electron chi connectivity index (χ2n) is 6.28. The molecule has 0 fully saturated rings. The second kappa shape index (κ2) is 8.05. The second-order valence-corrected chi connectivity index (χ2v) is 6.28. The van der Waals surface area contributed by atoms with E-state index in [-0.39, 0.29) is 5.97 Å². The van der Waals surface area contributed by atoms with Gasteiger partial charge in [0.15, 0.2) is 0 Å². The summed E-state index contributed by atoms with van der Waals surface area (Å²) in [5.74, 6) is 0.691. The minimum absolute atomic E-state index is 0.333. The van der Waals surface area contributed by atoms with Crippen LogP contribution in [0.25, 0.3) is 16.5 Å². The maximum absolute atomic E-state index is 11.6. The van der Waals surface area contributed by atoms with Crippen molar-refractivity contribution >= 4 is 22.5 Å². The summed E-state index contributed by atoms with van der Waals surface area (Å²) in [6, 6.07) is 16.6. The van der Waals surface area contributed by atoms with E-state index in [0.717, 1.165) is 47.1 Å². The Hall–Kier alpha value is -2.81. The molecule has 0 atom stereocenters. The zero-order valence-corrected chi connectivity index (χ0v) is 15.5. The summed E-state index contributed by atoms with van der Waals surface area (Å²) < 4.78 is 10.9. The van der Waals surface area contributed by atoms with Crippen molar-refractivity contribution in [2.24, 2.45) is 0 Å². The largest absolute Gasteiger partial charge is 0.466 e. The molecule has 0 unspecified atom stereocenters. The number of ether oxygens (including phenoxy) is 1. The Morgan fingerprint density at radius 1 is 1.12 bits per heavy atom. The summed E-state index contributed by atoms with van der Waals surface area (Å²) in [6.45, 7) is 4.14. The number of furan rings is 1. The average Bonchev–Trinajstić information content (AvgIpc) is 3.03. The molecule has 0 bridgehead atoms. The van der Waals surface area contributed by atoms with Crippen LogP contribution in [0.3, 0.4) is 0 Å². The predicted molar refractivity (Wildman–Crippen MR) is 105 cm³/mol. The van der Waals surface area contributed by atoms with Crippen molar-refractivity contribution in [3.63, 3.8) is 0 Å². The van der Waals surface area contributed by atoms with Crippen LogP contribution in [0.5, 0.6) is 0 Å². The van der Waals surface area contributed by atoms with Gasteiger partial charge in [-0.15, -0.1) is 0 Å². The number of rotatable bonds is 6. The van der Waals surface area contributed by atoms with E-state index in [1.807, 2.05) is 19.1 Å². The molecule has 0 radical (unpaired) electrons. The van der Waals surface area contributed by atoms with Gasteiger partial charge in [0.05, 0.1) is 7.11 Å². The van der Waals surface area contributed by atoms with Crippen LogP contribution < -0.4 is 0 Å². The molecule has 2 aromatic carbocycles. The summed E-state index contributed by atoms with van der Waals surface area (Å²) in [7, 11) is 1.39. The van der Waals surface area contributed by atoms with Crippen LogP contribution in [0.4, 0.5) is 0 Å². The molecular formula is C23H24O3. The van der Waals surface area contributed by atoms with Crippen molar-refractivity contribution in [1.29, 1.82) is 0 Å². The van der Waals surface area contributed by atoms with Gasteiger partial charge in [0.1, 0.15) is 11.3 Å². The average molecular weight is 348 g/mol. The molecule has 0 spiro atoms. The first kappa shape index (κ1) is 18.0. The van der Waals surface area contributed by atoms with Crippen molar-refractivity contribution in [3.05, 3.63) is 77.1 Å². The summed E-state index contributed by atoms with van der Waals surface area (Å²) in [6.07, 6.45) is 4.01. The summed E-state index contributed by atoms with van der Waals surface area (Å²) in [4.78, 5) is 11.6. The van der Waals surface area contributed by atoms with E-state index in [1.165, 1.54) is 18.2 Å². The molecule has 0 saturated heterocycles. The maximum atomic E-state index is 11.6. The smallest absolute Gasteiger partial charge is 0.330 e. The fourth-order valence-electron chi connectivity index (χ4n) is 3.27. The monoisotopic (exact) mass is 348 g/mol. The Balaban J connectivity index is 2.03. The number of benzene rings is 2. The Kier molecular flexibility index (Phi) is 5.57. The Bertz CT molecular complexity index is 933. The maximum Gasteiger partial charge on any atom is 0.330 e. The van der Waals surface area contributed by atoms with E-state index in [0.29, 0.717) is 0 Å². The summed E-state index contributed by atoms with van der Waals surface area (Å²) >= 11 is 0. The zero-order chi connectivity index (χ0) is 18.5. The van der Waals surface area contributed by atoms with Crippen molar-refractivity contribution in [2.45, 2.75) is 33.1 Å². The van der Waals surface area contributed by atoms with Gasteiger partial charge in [-0.3, -0.25) is 0 Å². The normalized spacial score (nSPS) is 11.7. The molecule has 0 aliphatic heterocycles. The highest BCUT2D eigenvalue weighted by Gasteiger charge is 2.15. The van der Waals surface area contributed by atoms with Crippen LogP contribution in [0.2, 0.25) is 0 Å². The fraction of sp³-hybridized carbons (Fsp3) is 0.261. The first-order valence-electron chi connectivity index (χ1n) is 9.03. The SMILES string of the molecule is CCC(=CC(=O)OC)c1ccc2c(Cc3ccccc3)c(CC)oc2c1. The van der Waals surface area contributed by atoms with Crippen molar-refractivity contribution in [3.8, 4) is 0 Å². The molecule has 3 rings (SSSR count). The number of allylic oxidation sites excluding steroid dienone is 1. The topological polar surface area (TPSA) is 39.4 Å². The lowest BCUT2D eigenvalue weighted by atomic mass is 9.98. The van der Waals surface area contributed by atoms with Crippen molar-refractivity contribution in [1.82, 2.24) is 0 Å². The van der Waals surface area contributed by atoms with Crippen molar-refractivity contribution < 1.29 is 13.9 Å². The van der Waals surface area contributed by atoms with Gasteiger partial charge in [-0.05, 0) is 29.2 Å². The number of methoxy groups -OCH3 is 1. The summed E-state index contributed by atoms with van der Waals surface area (Å²) in [5.41, 5.74) is 5.32. The molecular weight excluding hydrogens is 324 g/mol. The van der Waals surface area contributed by atoms with Gasteiger partial charge in [0.2, 0.25) is 0 Å². The number of hydrogen-bond acceptors (Lipinski definition) is 3. The highest BCUT2D eigenvalue weighted by atomic mass is 16.5. The predicted octanol–water partition coefficient (Wildman–Crippen LogP) is 5.55. The number of fused-ring (bicyclic) bond motifs is 1. The fourth-order valence-corrected chi connectivity index (χ4v) is 3.27. The number of carbonyl (C=O) groups is 1. The highest BCUT2D eigenvalue weighted by molar-refractivity contribution is 5.93. The van der Waals surface area contributed by atoms with Gasteiger partial charge in [0.25, 0.3) is 0 Å². The molecule has 3 aromatic rings. The molecule has 0 N–H and O–H groups in total.